The van der Waals surface area contributed by atoms with Crippen molar-refractivity contribution >= 4 is 17.5 Å². The van der Waals surface area contributed by atoms with Crippen LogP contribution < -0.4 is 4.90 Å². The number of para-hydroxylation sites is 1. The Balaban J connectivity index is 1.78. The van der Waals surface area contributed by atoms with Gasteiger partial charge < -0.3 is 9.80 Å². The average molecular weight is 326 g/mol. The van der Waals surface area contributed by atoms with Gasteiger partial charge in [0.25, 0.3) is 0 Å². The highest BCUT2D eigenvalue weighted by Crippen LogP contribution is 2.32. The highest BCUT2D eigenvalue weighted by molar-refractivity contribution is 6.01. The van der Waals surface area contributed by atoms with Gasteiger partial charge in [0.2, 0.25) is 11.8 Å². The van der Waals surface area contributed by atoms with Crippen molar-refractivity contribution in [3.05, 3.63) is 41.0 Å². The molecule has 1 atom stereocenters. The lowest BCUT2D eigenvalue weighted by Gasteiger charge is -2.28. The van der Waals surface area contributed by atoms with E-state index in [1.165, 1.54) is 11.1 Å². The molecule has 2 aliphatic heterocycles. The molecule has 128 valence electrons. The molecule has 0 aromatic heterocycles. The molecule has 2 amide bonds. The lowest BCUT2D eigenvalue weighted by atomic mass is 10.0. The maximum Gasteiger partial charge on any atom is 0.228 e. The minimum atomic E-state index is -0.214. The number of benzene rings is 1. The lowest BCUT2D eigenvalue weighted by molar-refractivity contribution is -0.135. The predicted molar refractivity (Wildman–Crippen MR) is 96.0 cm³/mol. The van der Waals surface area contributed by atoms with E-state index in [1.54, 1.807) is 0 Å². The Morgan fingerprint density at radius 2 is 2.08 bits per heavy atom. The molecule has 0 aliphatic carbocycles. The highest BCUT2D eigenvalue weighted by atomic mass is 16.2. The summed E-state index contributed by atoms with van der Waals surface area (Å²) in [6.45, 7) is 8.21. The second-order valence-electron chi connectivity index (χ2n) is 6.93. The van der Waals surface area contributed by atoms with Gasteiger partial charge in [0.1, 0.15) is 0 Å². The van der Waals surface area contributed by atoms with E-state index in [4.69, 9.17) is 0 Å². The molecule has 0 spiro atoms. The molecule has 2 heterocycles. The topological polar surface area (TPSA) is 40.6 Å². The van der Waals surface area contributed by atoms with Crippen LogP contribution in [0.1, 0.15) is 37.8 Å². The summed E-state index contributed by atoms with van der Waals surface area (Å²) in [4.78, 5) is 29.1. The maximum atomic E-state index is 12.8. The van der Waals surface area contributed by atoms with E-state index in [0.717, 1.165) is 30.6 Å². The van der Waals surface area contributed by atoms with Gasteiger partial charge in [-0.25, -0.2) is 0 Å². The van der Waals surface area contributed by atoms with Gasteiger partial charge in [-0.3, -0.25) is 9.59 Å². The largest absolute Gasteiger partial charge is 0.338 e. The van der Waals surface area contributed by atoms with E-state index >= 15 is 0 Å². The Morgan fingerprint density at radius 3 is 2.75 bits per heavy atom. The van der Waals surface area contributed by atoms with E-state index < -0.39 is 0 Å². The summed E-state index contributed by atoms with van der Waals surface area (Å²) >= 11 is 0. The Morgan fingerprint density at radius 1 is 1.29 bits per heavy atom. The number of amides is 2. The van der Waals surface area contributed by atoms with E-state index in [-0.39, 0.29) is 17.7 Å². The molecule has 0 radical (unpaired) electrons. The zero-order valence-corrected chi connectivity index (χ0v) is 14.8. The van der Waals surface area contributed by atoms with Crippen LogP contribution in [0.15, 0.2) is 29.8 Å². The summed E-state index contributed by atoms with van der Waals surface area (Å²) < 4.78 is 0. The third kappa shape index (κ3) is 3.10. The quantitative estimate of drug-likeness (QED) is 0.801. The minimum Gasteiger partial charge on any atom is -0.338 e. The maximum absolute atomic E-state index is 12.8. The summed E-state index contributed by atoms with van der Waals surface area (Å²) in [5.74, 6) is -0.0177. The Bertz CT molecular complexity index is 693. The third-order valence-corrected chi connectivity index (χ3v) is 5.19. The van der Waals surface area contributed by atoms with Crippen molar-refractivity contribution < 1.29 is 9.59 Å². The number of rotatable bonds is 3. The normalized spacial score (nSPS) is 21.2. The third-order valence-electron chi connectivity index (χ3n) is 5.19. The molecule has 1 saturated heterocycles. The molecule has 1 aromatic rings. The van der Waals surface area contributed by atoms with Crippen molar-refractivity contribution in [1.29, 1.82) is 0 Å². The second kappa shape index (κ2) is 6.80. The van der Waals surface area contributed by atoms with Gasteiger partial charge in [-0.1, -0.05) is 36.8 Å². The first-order chi connectivity index (χ1) is 11.5. The first-order valence-corrected chi connectivity index (χ1v) is 8.84. The fourth-order valence-electron chi connectivity index (χ4n) is 3.71. The van der Waals surface area contributed by atoms with Crippen LogP contribution in [0.5, 0.6) is 0 Å². The molecule has 2 aliphatic rings. The number of aryl methyl sites for hydroxylation is 2. The molecule has 1 aromatic carbocycles. The van der Waals surface area contributed by atoms with Crippen molar-refractivity contribution in [2.75, 3.05) is 24.5 Å². The first-order valence-electron chi connectivity index (χ1n) is 8.84. The summed E-state index contributed by atoms with van der Waals surface area (Å²) in [7, 11) is 0. The highest BCUT2D eigenvalue weighted by Gasteiger charge is 2.38. The Kier molecular flexibility index (Phi) is 4.74. The number of nitrogens with zero attached hydrogens (tertiary/aromatic N) is 2. The standard InChI is InChI=1S/C20H26N2O2/c1-4-16-7-5-6-15(3)19(16)22-13-17(12-18(22)23)20(24)21-10-8-14(2)9-11-21/h5-8,17H,4,9-13H2,1-3H3/t17-/m1/s1. The molecular weight excluding hydrogens is 300 g/mol. The van der Waals surface area contributed by atoms with Crippen molar-refractivity contribution in [3.63, 3.8) is 0 Å². The molecule has 1 fully saturated rings. The van der Waals surface area contributed by atoms with Crippen molar-refractivity contribution in [3.8, 4) is 0 Å². The molecule has 0 bridgehead atoms. The van der Waals surface area contributed by atoms with Gasteiger partial charge in [0, 0.05) is 31.7 Å². The van der Waals surface area contributed by atoms with Gasteiger partial charge in [0.05, 0.1) is 5.92 Å². The molecule has 0 unspecified atom stereocenters. The molecule has 0 saturated carbocycles. The van der Waals surface area contributed by atoms with Crippen LogP contribution in [0.2, 0.25) is 0 Å². The smallest absolute Gasteiger partial charge is 0.228 e. The molecule has 0 N–H and O–H groups in total. The van der Waals surface area contributed by atoms with E-state index in [2.05, 4.69) is 26.0 Å². The van der Waals surface area contributed by atoms with Crippen LogP contribution in [-0.2, 0) is 16.0 Å². The number of carbonyl (C=O) groups is 2. The molecule has 4 heteroatoms. The molecule has 3 rings (SSSR count). The molecule has 24 heavy (non-hydrogen) atoms. The predicted octanol–water partition coefficient (Wildman–Crippen LogP) is 3.09. The Hall–Kier alpha value is -2.10. The van der Waals surface area contributed by atoms with Gasteiger partial charge in [-0.05, 0) is 37.8 Å². The molecular formula is C20H26N2O2. The summed E-state index contributed by atoms with van der Waals surface area (Å²) in [5, 5.41) is 0. The summed E-state index contributed by atoms with van der Waals surface area (Å²) in [5.41, 5.74) is 4.63. The van der Waals surface area contributed by atoms with Crippen LogP contribution >= 0.6 is 0 Å². The first kappa shape index (κ1) is 16.7. The van der Waals surface area contributed by atoms with Gasteiger partial charge in [-0.2, -0.15) is 0 Å². The van der Waals surface area contributed by atoms with E-state index in [1.807, 2.05) is 28.9 Å². The number of hydrogen-bond acceptors (Lipinski definition) is 2. The SMILES string of the molecule is CCc1cccc(C)c1N1C[C@H](C(=O)N2CC=C(C)CC2)CC1=O. The van der Waals surface area contributed by atoms with E-state index in [0.29, 0.717) is 19.5 Å². The van der Waals surface area contributed by atoms with Crippen LogP contribution in [0.4, 0.5) is 5.69 Å². The minimum absolute atomic E-state index is 0.0704. The van der Waals surface area contributed by atoms with Crippen LogP contribution in [-0.4, -0.2) is 36.3 Å². The van der Waals surface area contributed by atoms with E-state index in [9.17, 15) is 9.59 Å². The van der Waals surface area contributed by atoms with Crippen molar-refractivity contribution in [2.45, 2.75) is 40.0 Å². The Labute approximate surface area is 144 Å². The van der Waals surface area contributed by atoms with Crippen molar-refractivity contribution in [1.82, 2.24) is 4.90 Å². The zero-order chi connectivity index (χ0) is 17.3. The van der Waals surface area contributed by atoms with Gasteiger partial charge in [0.15, 0.2) is 0 Å². The number of anilines is 1. The average Bonchev–Trinajstić information content (AvgIpc) is 2.96. The lowest BCUT2D eigenvalue weighted by Crippen LogP contribution is -2.40. The van der Waals surface area contributed by atoms with Crippen molar-refractivity contribution in [2.24, 2.45) is 5.92 Å². The number of hydrogen-bond donors (Lipinski definition) is 0. The summed E-state index contributed by atoms with van der Waals surface area (Å²) in [6, 6.07) is 6.14. The van der Waals surface area contributed by atoms with Crippen LogP contribution in [0, 0.1) is 12.8 Å². The van der Waals surface area contributed by atoms with Gasteiger partial charge >= 0.3 is 0 Å². The van der Waals surface area contributed by atoms with Gasteiger partial charge in [-0.15, -0.1) is 0 Å². The summed E-state index contributed by atoms with van der Waals surface area (Å²) in [6.07, 6.45) is 4.27. The van der Waals surface area contributed by atoms with Crippen LogP contribution in [0.25, 0.3) is 0 Å². The fraction of sp³-hybridized carbons (Fsp3) is 0.500. The monoisotopic (exact) mass is 326 g/mol. The zero-order valence-electron chi connectivity index (χ0n) is 14.8. The molecule has 4 nitrogen and oxygen atoms in total. The van der Waals surface area contributed by atoms with Crippen LogP contribution in [0.3, 0.4) is 0 Å². The number of carbonyl (C=O) groups excluding carboxylic acids is 2. The fourth-order valence-corrected chi connectivity index (χ4v) is 3.71. The second-order valence-corrected chi connectivity index (χ2v) is 6.93.